The van der Waals surface area contributed by atoms with Gasteiger partial charge in [-0.05, 0) is 11.6 Å². The first-order valence-corrected chi connectivity index (χ1v) is 7.77. The molecule has 1 amide bonds. The fourth-order valence-electron chi connectivity index (χ4n) is 3.31. The van der Waals surface area contributed by atoms with Gasteiger partial charge in [0.2, 0.25) is 5.91 Å². The van der Waals surface area contributed by atoms with Crippen LogP contribution in [0.15, 0.2) is 37.2 Å². The largest absolute Gasteiger partial charge is 0.368 e. The van der Waals surface area contributed by atoms with Crippen LogP contribution in [0.3, 0.4) is 0 Å². The van der Waals surface area contributed by atoms with E-state index in [1.165, 1.54) is 6.33 Å². The fourth-order valence-corrected chi connectivity index (χ4v) is 3.31. The van der Waals surface area contributed by atoms with Crippen molar-refractivity contribution < 1.29 is 4.79 Å². The average Bonchev–Trinajstić information content (AvgIpc) is 3.19. The van der Waals surface area contributed by atoms with Gasteiger partial charge in [-0.2, -0.15) is 0 Å². The maximum absolute atomic E-state index is 12.2. The van der Waals surface area contributed by atoms with Crippen LogP contribution in [0.4, 0.5) is 5.82 Å². The summed E-state index contributed by atoms with van der Waals surface area (Å²) in [5, 5.41) is 3.33. The Labute approximate surface area is 138 Å². The number of pyridine rings is 1. The zero-order valence-electron chi connectivity index (χ0n) is 13.2. The summed E-state index contributed by atoms with van der Waals surface area (Å²) in [4.78, 5) is 33.7. The number of carbonyl (C=O) groups excluding carboxylic acids is 1. The van der Waals surface area contributed by atoms with E-state index >= 15 is 0 Å². The predicted octanol–water partition coefficient (Wildman–Crippen LogP) is 1.38. The second kappa shape index (κ2) is 5.88. The van der Waals surface area contributed by atoms with Crippen molar-refractivity contribution in [1.29, 1.82) is 0 Å². The highest BCUT2D eigenvalue weighted by atomic mass is 16.2. The number of rotatable bonds is 4. The number of imidazole rings is 1. The van der Waals surface area contributed by atoms with Crippen LogP contribution in [0, 0.1) is 5.92 Å². The number of nitrogens with one attached hydrogen (secondary N) is 2. The van der Waals surface area contributed by atoms with E-state index in [1.807, 2.05) is 25.4 Å². The van der Waals surface area contributed by atoms with E-state index in [2.05, 4.69) is 30.2 Å². The minimum atomic E-state index is 0.0118. The van der Waals surface area contributed by atoms with E-state index in [4.69, 9.17) is 0 Å². The lowest BCUT2D eigenvalue weighted by molar-refractivity contribution is -0.127. The standard InChI is InChI=1S/C16H17N7O/c1-23-12(24)5-11(14(23)10-3-2-4-17-6-10)7-18-15-13-16(20-8-19-13)22-9-21-15/h2-4,6,8-9,11,14H,5,7H2,1H3,(H2,18,19,20,21,22)/t11-,14-/m0/s1. The van der Waals surface area contributed by atoms with Gasteiger partial charge in [0.1, 0.15) is 11.8 Å². The Morgan fingerprint density at radius 1 is 1.38 bits per heavy atom. The van der Waals surface area contributed by atoms with Gasteiger partial charge in [-0.15, -0.1) is 0 Å². The Morgan fingerprint density at radius 2 is 2.29 bits per heavy atom. The SMILES string of the molecule is CN1C(=O)C[C@@H](CNc2ncnc3nc[nH]c23)[C@@H]1c1cccnc1. The van der Waals surface area contributed by atoms with E-state index in [-0.39, 0.29) is 17.9 Å². The molecule has 1 fully saturated rings. The van der Waals surface area contributed by atoms with E-state index in [0.29, 0.717) is 24.4 Å². The molecule has 0 bridgehead atoms. The van der Waals surface area contributed by atoms with Crippen LogP contribution in [-0.4, -0.2) is 49.3 Å². The van der Waals surface area contributed by atoms with Gasteiger partial charge in [0.25, 0.3) is 0 Å². The number of likely N-dealkylation sites (tertiary alicyclic amines) is 1. The Hall–Kier alpha value is -3.03. The molecule has 2 atom stereocenters. The maximum atomic E-state index is 12.2. The molecule has 8 nitrogen and oxygen atoms in total. The lowest BCUT2D eigenvalue weighted by Crippen LogP contribution is -2.26. The van der Waals surface area contributed by atoms with Crippen LogP contribution in [0.2, 0.25) is 0 Å². The van der Waals surface area contributed by atoms with Gasteiger partial charge in [0.15, 0.2) is 11.5 Å². The molecule has 24 heavy (non-hydrogen) atoms. The Morgan fingerprint density at radius 3 is 3.12 bits per heavy atom. The van der Waals surface area contributed by atoms with E-state index < -0.39 is 0 Å². The van der Waals surface area contributed by atoms with Gasteiger partial charge in [0.05, 0.1) is 12.4 Å². The third-order valence-electron chi connectivity index (χ3n) is 4.47. The van der Waals surface area contributed by atoms with Crippen LogP contribution >= 0.6 is 0 Å². The molecule has 0 unspecified atom stereocenters. The van der Waals surface area contributed by atoms with Crippen LogP contribution in [0.5, 0.6) is 0 Å². The highest BCUT2D eigenvalue weighted by molar-refractivity contribution is 5.82. The molecule has 0 radical (unpaired) electrons. The molecule has 0 saturated carbocycles. The van der Waals surface area contributed by atoms with Gasteiger partial charge in [-0.25, -0.2) is 15.0 Å². The number of aromatic nitrogens is 5. The number of amides is 1. The van der Waals surface area contributed by atoms with Gasteiger partial charge in [-0.1, -0.05) is 6.07 Å². The number of hydrogen-bond acceptors (Lipinski definition) is 6. The molecule has 3 aromatic rings. The molecule has 1 aliphatic rings. The van der Waals surface area contributed by atoms with Gasteiger partial charge >= 0.3 is 0 Å². The molecular weight excluding hydrogens is 306 g/mol. The van der Waals surface area contributed by atoms with Crippen molar-refractivity contribution in [3.05, 3.63) is 42.7 Å². The Kier molecular flexibility index (Phi) is 3.56. The summed E-state index contributed by atoms with van der Waals surface area (Å²) >= 11 is 0. The quantitative estimate of drug-likeness (QED) is 0.752. The molecule has 2 N–H and O–H groups in total. The van der Waals surface area contributed by atoms with Crippen molar-refractivity contribution in [2.75, 3.05) is 18.9 Å². The zero-order valence-corrected chi connectivity index (χ0v) is 13.2. The molecule has 3 aromatic heterocycles. The molecule has 4 rings (SSSR count). The van der Waals surface area contributed by atoms with Crippen molar-refractivity contribution in [2.45, 2.75) is 12.5 Å². The summed E-state index contributed by atoms with van der Waals surface area (Å²) < 4.78 is 0. The molecule has 8 heteroatoms. The second-order valence-electron chi connectivity index (χ2n) is 5.90. The van der Waals surface area contributed by atoms with Crippen molar-refractivity contribution in [3.63, 3.8) is 0 Å². The summed E-state index contributed by atoms with van der Waals surface area (Å²) in [6.07, 6.45) is 7.14. The zero-order chi connectivity index (χ0) is 16.5. The fraction of sp³-hybridized carbons (Fsp3) is 0.312. The second-order valence-corrected chi connectivity index (χ2v) is 5.90. The molecular formula is C16H17N7O. The number of carbonyl (C=O) groups is 1. The van der Waals surface area contributed by atoms with E-state index in [0.717, 1.165) is 11.1 Å². The lowest BCUT2D eigenvalue weighted by atomic mass is 9.94. The van der Waals surface area contributed by atoms with Crippen molar-refractivity contribution in [2.24, 2.45) is 5.92 Å². The highest BCUT2D eigenvalue weighted by Gasteiger charge is 2.38. The molecule has 1 aliphatic heterocycles. The van der Waals surface area contributed by atoms with E-state index in [1.54, 1.807) is 17.4 Å². The molecule has 0 aliphatic carbocycles. The maximum Gasteiger partial charge on any atom is 0.223 e. The highest BCUT2D eigenvalue weighted by Crippen LogP contribution is 2.36. The number of hydrogen-bond donors (Lipinski definition) is 2. The minimum absolute atomic E-state index is 0.0118. The van der Waals surface area contributed by atoms with Crippen molar-refractivity contribution in [3.8, 4) is 0 Å². The first-order valence-electron chi connectivity index (χ1n) is 7.77. The number of anilines is 1. The molecule has 0 spiro atoms. The summed E-state index contributed by atoms with van der Waals surface area (Å²) in [7, 11) is 1.85. The van der Waals surface area contributed by atoms with Crippen LogP contribution in [0.1, 0.15) is 18.0 Å². The Bertz CT molecular complexity index is 863. The number of fused-ring (bicyclic) bond motifs is 1. The summed E-state index contributed by atoms with van der Waals surface area (Å²) in [5.41, 5.74) is 2.44. The third-order valence-corrected chi connectivity index (χ3v) is 4.47. The molecule has 1 saturated heterocycles. The van der Waals surface area contributed by atoms with Crippen molar-refractivity contribution >= 4 is 22.9 Å². The van der Waals surface area contributed by atoms with E-state index in [9.17, 15) is 4.79 Å². The van der Waals surface area contributed by atoms with Crippen LogP contribution in [0.25, 0.3) is 11.2 Å². The monoisotopic (exact) mass is 323 g/mol. The number of nitrogens with zero attached hydrogens (tertiary/aromatic N) is 5. The summed E-state index contributed by atoms with van der Waals surface area (Å²) in [6, 6.07) is 3.92. The summed E-state index contributed by atoms with van der Waals surface area (Å²) in [6.45, 7) is 0.626. The molecule has 122 valence electrons. The lowest BCUT2D eigenvalue weighted by Gasteiger charge is -2.25. The first kappa shape index (κ1) is 14.6. The van der Waals surface area contributed by atoms with Gasteiger partial charge < -0.3 is 15.2 Å². The molecule has 4 heterocycles. The topological polar surface area (TPSA) is 99.7 Å². The van der Waals surface area contributed by atoms with Crippen LogP contribution in [-0.2, 0) is 4.79 Å². The number of aromatic amines is 1. The summed E-state index contributed by atoms with van der Waals surface area (Å²) in [5.74, 6) is 0.981. The predicted molar refractivity (Wildman–Crippen MR) is 88.0 cm³/mol. The Balaban J connectivity index is 1.56. The first-order chi connectivity index (χ1) is 11.7. The minimum Gasteiger partial charge on any atom is -0.368 e. The van der Waals surface area contributed by atoms with Gasteiger partial charge in [-0.3, -0.25) is 9.78 Å². The normalized spacial score (nSPS) is 20.7. The molecule has 0 aromatic carbocycles. The van der Waals surface area contributed by atoms with Gasteiger partial charge in [0, 0.05) is 38.3 Å². The third kappa shape index (κ3) is 2.45. The smallest absolute Gasteiger partial charge is 0.223 e. The number of H-pyrrole nitrogens is 1. The van der Waals surface area contributed by atoms with Crippen molar-refractivity contribution in [1.82, 2.24) is 29.8 Å². The van der Waals surface area contributed by atoms with Crippen LogP contribution < -0.4 is 5.32 Å². The average molecular weight is 323 g/mol.